The second-order valence-electron chi connectivity index (χ2n) is 4.02. The number of anilines is 1. The van der Waals surface area contributed by atoms with E-state index in [0.29, 0.717) is 11.3 Å². The Labute approximate surface area is 118 Å². The number of alkyl halides is 3. The molecule has 0 bridgehead atoms. The fourth-order valence-electron chi connectivity index (χ4n) is 1.53. The van der Waals surface area contributed by atoms with Crippen molar-refractivity contribution in [3.05, 3.63) is 60.2 Å². The van der Waals surface area contributed by atoms with Gasteiger partial charge in [-0.05, 0) is 36.4 Å². The van der Waals surface area contributed by atoms with E-state index in [1.165, 1.54) is 12.1 Å². The van der Waals surface area contributed by atoms with Crippen LogP contribution < -0.4 is 15.6 Å². The van der Waals surface area contributed by atoms with Crippen molar-refractivity contribution in [2.45, 2.75) is 6.36 Å². The number of nitrogens with one attached hydrogen (secondary N) is 2. The molecule has 4 nitrogen and oxygen atoms in total. The molecule has 0 radical (unpaired) electrons. The van der Waals surface area contributed by atoms with Crippen molar-refractivity contribution < 1.29 is 22.7 Å². The Morgan fingerprint density at radius 2 is 1.57 bits per heavy atom. The first-order valence-electron chi connectivity index (χ1n) is 5.91. The molecule has 1 amide bonds. The monoisotopic (exact) mass is 296 g/mol. The van der Waals surface area contributed by atoms with Crippen LogP contribution in [0, 0.1) is 0 Å². The van der Waals surface area contributed by atoms with Gasteiger partial charge in [-0.25, -0.2) is 0 Å². The molecular weight excluding hydrogens is 285 g/mol. The van der Waals surface area contributed by atoms with Crippen LogP contribution in [0.3, 0.4) is 0 Å². The maximum atomic E-state index is 12.0. The quantitative estimate of drug-likeness (QED) is 0.851. The zero-order valence-corrected chi connectivity index (χ0v) is 10.6. The Bertz CT molecular complexity index is 598. The van der Waals surface area contributed by atoms with E-state index in [2.05, 4.69) is 15.6 Å². The topological polar surface area (TPSA) is 50.4 Å². The summed E-state index contributed by atoms with van der Waals surface area (Å²) in [5, 5.41) is 0. The Kier molecular flexibility index (Phi) is 4.32. The van der Waals surface area contributed by atoms with Crippen LogP contribution in [0.1, 0.15) is 10.4 Å². The third-order valence-corrected chi connectivity index (χ3v) is 2.44. The molecule has 0 atom stereocenters. The number of hydrogen-bond donors (Lipinski definition) is 2. The number of hydrazine groups is 1. The summed E-state index contributed by atoms with van der Waals surface area (Å²) in [6.45, 7) is 0. The number of amides is 1. The molecule has 0 saturated heterocycles. The van der Waals surface area contributed by atoms with Crippen molar-refractivity contribution >= 4 is 11.6 Å². The highest BCUT2D eigenvalue weighted by Gasteiger charge is 2.30. The first kappa shape index (κ1) is 14.7. The van der Waals surface area contributed by atoms with Crippen LogP contribution in [0.2, 0.25) is 0 Å². The largest absolute Gasteiger partial charge is 0.573 e. The molecule has 0 aliphatic carbocycles. The lowest BCUT2D eigenvalue weighted by Gasteiger charge is -2.11. The average Bonchev–Trinajstić information content (AvgIpc) is 2.45. The zero-order chi connectivity index (χ0) is 15.3. The smallest absolute Gasteiger partial charge is 0.406 e. The molecule has 0 spiro atoms. The molecule has 2 rings (SSSR count). The number of halogens is 3. The van der Waals surface area contributed by atoms with Crippen LogP contribution in [0.25, 0.3) is 0 Å². The van der Waals surface area contributed by atoms with Gasteiger partial charge in [-0.3, -0.25) is 15.6 Å². The fourth-order valence-corrected chi connectivity index (χ4v) is 1.53. The van der Waals surface area contributed by atoms with E-state index in [1.54, 1.807) is 30.3 Å². The fraction of sp³-hybridized carbons (Fsp3) is 0.0714. The summed E-state index contributed by atoms with van der Waals surface area (Å²) in [7, 11) is 0. The molecule has 0 fully saturated rings. The maximum absolute atomic E-state index is 12.0. The molecule has 7 heteroatoms. The Morgan fingerprint density at radius 3 is 2.14 bits per heavy atom. The van der Waals surface area contributed by atoms with Gasteiger partial charge in [0.15, 0.2) is 0 Å². The van der Waals surface area contributed by atoms with Gasteiger partial charge in [0.1, 0.15) is 5.75 Å². The summed E-state index contributed by atoms with van der Waals surface area (Å²) in [5.41, 5.74) is 5.91. The van der Waals surface area contributed by atoms with Gasteiger partial charge in [0.2, 0.25) is 0 Å². The first-order chi connectivity index (χ1) is 9.94. The van der Waals surface area contributed by atoms with Crippen molar-refractivity contribution in [3.8, 4) is 5.75 Å². The summed E-state index contributed by atoms with van der Waals surface area (Å²) >= 11 is 0. The molecule has 2 N–H and O–H groups in total. The van der Waals surface area contributed by atoms with E-state index in [1.807, 2.05) is 0 Å². The number of carbonyl (C=O) groups is 1. The van der Waals surface area contributed by atoms with E-state index >= 15 is 0 Å². The van der Waals surface area contributed by atoms with Gasteiger partial charge in [0.25, 0.3) is 5.91 Å². The normalized spacial score (nSPS) is 10.8. The number of benzene rings is 2. The second kappa shape index (κ2) is 6.17. The number of hydrogen-bond acceptors (Lipinski definition) is 3. The maximum Gasteiger partial charge on any atom is 0.573 e. The Hall–Kier alpha value is -2.70. The van der Waals surface area contributed by atoms with Crippen molar-refractivity contribution in [2.24, 2.45) is 0 Å². The van der Waals surface area contributed by atoms with Crippen molar-refractivity contribution in [2.75, 3.05) is 5.43 Å². The second-order valence-corrected chi connectivity index (χ2v) is 4.02. The minimum Gasteiger partial charge on any atom is -0.406 e. The van der Waals surface area contributed by atoms with Crippen LogP contribution in [-0.4, -0.2) is 12.3 Å². The highest BCUT2D eigenvalue weighted by atomic mass is 19.4. The average molecular weight is 296 g/mol. The lowest BCUT2D eigenvalue weighted by molar-refractivity contribution is -0.274. The van der Waals surface area contributed by atoms with Gasteiger partial charge in [-0.15, -0.1) is 13.2 Å². The third kappa shape index (κ3) is 4.72. The molecule has 0 unspecified atom stereocenters. The van der Waals surface area contributed by atoms with Gasteiger partial charge in [0, 0.05) is 5.56 Å². The highest BCUT2D eigenvalue weighted by Crippen LogP contribution is 2.23. The zero-order valence-electron chi connectivity index (χ0n) is 10.6. The van der Waals surface area contributed by atoms with Crippen molar-refractivity contribution in [1.82, 2.24) is 5.43 Å². The SMILES string of the molecule is O=C(NNc1ccc(OC(F)(F)F)cc1)c1ccccc1. The Balaban J connectivity index is 1.91. The summed E-state index contributed by atoms with van der Waals surface area (Å²) in [5.74, 6) is -0.686. The standard InChI is InChI=1S/C14H11F3N2O2/c15-14(16,17)21-12-8-6-11(7-9-12)18-19-13(20)10-4-2-1-3-5-10/h1-9,18H,(H,19,20). The molecule has 0 heterocycles. The minimum atomic E-state index is -4.73. The number of ether oxygens (including phenoxy) is 1. The van der Waals surface area contributed by atoms with E-state index in [4.69, 9.17) is 0 Å². The van der Waals surface area contributed by atoms with Gasteiger partial charge in [-0.2, -0.15) is 0 Å². The van der Waals surface area contributed by atoms with Crippen LogP contribution in [0.4, 0.5) is 18.9 Å². The molecule has 21 heavy (non-hydrogen) atoms. The summed E-state index contributed by atoms with van der Waals surface area (Å²) in [6.07, 6.45) is -4.73. The highest BCUT2D eigenvalue weighted by molar-refractivity contribution is 5.94. The predicted molar refractivity (Wildman–Crippen MR) is 70.7 cm³/mol. The minimum absolute atomic E-state index is 0.331. The van der Waals surface area contributed by atoms with Crippen LogP contribution in [-0.2, 0) is 0 Å². The van der Waals surface area contributed by atoms with Gasteiger partial charge < -0.3 is 4.74 Å². The molecule has 2 aromatic carbocycles. The Morgan fingerprint density at radius 1 is 0.952 bits per heavy atom. The predicted octanol–water partition coefficient (Wildman–Crippen LogP) is 3.34. The van der Waals surface area contributed by atoms with E-state index < -0.39 is 6.36 Å². The summed E-state index contributed by atoms with van der Waals surface area (Å²) < 4.78 is 39.7. The lowest BCUT2D eigenvalue weighted by Crippen LogP contribution is -2.29. The number of carbonyl (C=O) groups excluding carboxylic acids is 1. The molecule has 0 aromatic heterocycles. The molecule has 0 aliphatic rings. The molecule has 0 aliphatic heterocycles. The number of rotatable bonds is 4. The third-order valence-electron chi connectivity index (χ3n) is 2.44. The van der Waals surface area contributed by atoms with Gasteiger partial charge in [0.05, 0.1) is 5.69 Å². The van der Waals surface area contributed by atoms with Gasteiger partial charge >= 0.3 is 6.36 Å². The van der Waals surface area contributed by atoms with Crippen molar-refractivity contribution in [1.29, 1.82) is 0 Å². The first-order valence-corrected chi connectivity index (χ1v) is 5.91. The summed E-state index contributed by atoms with van der Waals surface area (Å²) in [6, 6.07) is 13.5. The summed E-state index contributed by atoms with van der Waals surface area (Å²) in [4.78, 5) is 11.7. The molecule has 2 aromatic rings. The van der Waals surface area contributed by atoms with E-state index in [0.717, 1.165) is 12.1 Å². The van der Waals surface area contributed by atoms with E-state index in [-0.39, 0.29) is 11.7 Å². The van der Waals surface area contributed by atoms with Crippen LogP contribution >= 0.6 is 0 Å². The van der Waals surface area contributed by atoms with Crippen molar-refractivity contribution in [3.63, 3.8) is 0 Å². The lowest BCUT2D eigenvalue weighted by atomic mass is 10.2. The molecule has 0 saturated carbocycles. The van der Waals surface area contributed by atoms with Gasteiger partial charge in [-0.1, -0.05) is 18.2 Å². The molecular formula is C14H11F3N2O2. The van der Waals surface area contributed by atoms with Crippen LogP contribution in [0.15, 0.2) is 54.6 Å². The molecule has 110 valence electrons. The van der Waals surface area contributed by atoms with Crippen LogP contribution in [0.5, 0.6) is 5.75 Å². The van der Waals surface area contributed by atoms with E-state index in [9.17, 15) is 18.0 Å².